The molecule has 2 aromatic rings. The molecule has 25 heavy (non-hydrogen) atoms. The second-order valence-corrected chi connectivity index (χ2v) is 6.57. The molecule has 0 bridgehead atoms. The number of rotatable bonds is 4. The fourth-order valence-corrected chi connectivity index (χ4v) is 3.26. The first kappa shape index (κ1) is 17.4. The van der Waals surface area contributed by atoms with Crippen molar-refractivity contribution in [1.29, 1.82) is 0 Å². The highest BCUT2D eigenvalue weighted by atomic mass is 32.1. The van der Waals surface area contributed by atoms with Gasteiger partial charge in [0.05, 0.1) is 0 Å². The van der Waals surface area contributed by atoms with Crippen molar-refractivity contribution in [1.82, 2.24) is 4.90 Å². The molecule has 0 aliphatic carbocycles. The van der Waals surface area contributed by atoms with E-state index in [1.165, 1.54) is 5.56 Å². The summed E-state index contributed by atoms with van der Waals surface area (Å²) in [4.78, 5) is 14.3. The fourth-order valence-electron chi connectivity index (χ4n) is 3.03. The van der Waals surface area contributed by atoms with Crippen LogP contribution in [0.25, 0.3) is 0 Å². The quantitative estimate of drug-likeness (QED) is 0.805. The molecular formula is C20H23N3OS. The van der Waals surface area contributed by atoms with Gasteiger partial charge >= 0.3 is 0 Å². The number of hydrogen-bond acceptors (Lipinski definition) is 2. The van der Waals surface area contributed by atoms with Crippen LogP contribution in [0.4, 0.5) is 11.4 Å². The molecule has 2 N–H and O–H groups in total. The number of hydrogen-bond donors (Lipinski definition) is 2. The number of nitrogens with zero attached hydrogens (tertiary/aromatic N) is 1. The van der Waals surface area contributed by atoms with Crippen LogP contribution in [-0.2, 0) is 6.42 Å². The minimum Gasteiger partial charge on any atom is -0.339 e. The number of anilines is 2. The number of carbonyl (C=O) groups excluding carboxylic acids is 1. The summed E-state index contributed by atoms with van der Waals surface area (Å²) in [5, 5.41) is 6.95. The van der Waals surface area contributed by atoms with Gasteiger partial charge in [-0.2, -0.15) is 0 Å². The van der Waals surface area contributed by atoms with Crippen molar-refractivity contribution in [2.75, 3.05) is 23.7 Å². The highest BCUT2D eigenvalue weighted by Gasteiger charge is 2.19. The number of nitrogens with one attached hydrogen (secondary N) is 2. The minimum absolute atomic E-state index is 0.113. The van der Waals surface area contributed by atoms with Crippen molar-refractivity contribution in [2.24, 2.45) is 0 Å². The maximum Gasteiger partial charge on any atom is 0.253 e. The Kier molecular flexibility index (Phi) is 5.66. The molecule has 1 heterocycles. The van der Waals surface area contributed by atoms with Crippen molar-refractivity contribution < 1.29 is 4.79 Å². The first-order valence-electron chi connectivity index (χ1n) is 8.72. The third-order valence-electron chi connectivity index (χ3n) is 4.43. The Morgan fingerprint density at radius 3 is 2.40 bits per heavy atom. The van der Waals surface area contributed by atoms with Gasteiger partial charge in [0.1, 0.15) is 0 Å². The zero-order valence-corrected chi connectivity index (χ0v) is 15.2. The Hall–Kier alpha value is -2.40. The molecule has 0 atom stereocenters. The zero-order valence-electron chi connectivity index (χ0n) is 14.4. The summed E-state index contributed by atoms with van der Waals surface area (Å²) >= 11 is 5.40. The van der Waals surface area contributed by atoms with Crippen LogP contribution in [-0.4, -0.2) is 29.0 Å². The van der Waals surface area contributed by atoms with Gasteiger partial charge in [0, 0.05) is 30.0 Å². The summed E-state index contributed by atoms with van der Waals surface area (Å²) in [6.07, 6.45) is 3.15. The van der Waals surface area contributed by atoms with Crippen LogP contribution in [0.1, 0.15) is 35.7 Å². The van der Waals surface area contributed by atoms with Gasteiger partial charge in [0.15, 0.2) is 5.11 Å². The highest BCUT2D eigenvalue weighted by molar-refractivity contribution is 7.80. The van der Waals surface area contributed by atoms with E-state index in [0.29, 0.717) is 5.11 Å². The van der Waals surface area contributed by atoms with E-state index in [0.717, 1.165) is 49.3 Å². The third-order valence-corrected chi connectivity index (χ3v) is 4.63. The lowest BCUT2D eigenvalue weighted by Gasteiger charge is -2.16. The Labute approximate surface area is 154 Å². The molecule has 4 nitrogen and oxygen atoms in total. The molecule has 0 aromatic heterocycles. The summed E-state index contributed by atoms with van der Waals surface area (Å²) in [6, 6.07) is 15.6. The first-order chi connectivity index (χ1) is 12.2. The van der Waals surface area contributed by atoms with Crippen molar-refractivity contribution >= 4 is 34.6 Å². The third kappa shape index (κ3) is 4.37. The number of thiocarbonyl (C=S) groups is 1. The van der Waals surface area contributed by atoms with Gasteiger partial charge in [0.2, 0.25) is 0 Å². The lowest BCUT2D eigenvalue weighted by Crippen LogP contribution is -2.27. The highest BCUT2D eigenvalue weighted by Crippen LogP contribution is 2.18. The molecule has 1 aliphatic heterocycles. The Balaban J connectivity index is 1.61. The molecule has 130 valence electrons. The van der Waals surface area contributed by atoms with Gasteiger partial charge in [-0.15, -0.1) is 0 Å². The lowest BCUT2D eigenvalue weighted by molar-refractivity contribution is 0.0793. The topological polar surface area (TPSA) is 44.4 Å². The number of carbonyl (C=O) groups is 1. The van der Waals surface area contributed by atoms with Crippen molar-refractivity contribution in [2.45, 2.75) is 26.2 Å². The van der Waals surface area contributed by atoms with E-state index in [4.69, 9.17) is 12.2 Å². The standard InChI is InChI=1S/C20H23N3OS/c1-2-15-7-3-4-8-18(15)22-20(25)21-17-11-9-16(10-12-17)19(24)23-13-5-6-14-23/h3-4,7-12H,2,5-6,13-14H2,1H3,(H2,21,22,25). The molecule has 0 saturated carbocycles. The van der Waals surface area contributed by atoms with Crippen LogP contribution >= 0.6 is 12.2 Å². The molecule has 3 rings (SSSR count). The van der Waals surface area contributed by atoms with Gasteiger partial charge in [-0.05, 0) is 67.4 Å². The second-order valence-electron chi connectivity index (χ2n) is 6.17. The predicted octanol–water partition coefficient (Wildman–Crippen LogP) is 4.29. The van der Waals surface area contributed by atoms with E-state index in [2.05, 4.69) is 23.6 Å². The van der Waals surface area contributed by atoms with Crippen LogP contribution < -0.4 is 10.6 Å². The molecule has 1 aliphatic rings. The molecule has 0 radical (unpaired) electrons. The normalized spacial score (nSPS) is 13.6. The van der Waals surface area contributed by atoms with Crippen molar-refractivity contribution in [3.8, 4) is 0 Å². The van der Waals surface area contributed by atoms with E-state index < -0.39 is 0 Å². The average molecular weight is 353 g/mol. The first-order valence-corrected chi connectivity index (χ1v) is 9.13. The lowest BCUT2D eigenvalue weighted by atomic mass is 10.1. The van der Waals surface area contributed by atoms with E-state index in [1.807, 2.05) is 47.4 Å². The Morgan fingerprint density at radius 2 is 1.72 bits per heavy atom. The Morgan fingerprint density at radius 1 is 1.04 bits per heavy atom. The van der Waals surface area contributed by atoms with E-state index in [9.17, 15) is 4.79 Å². The number of likely N-dealkylation sites (tertiary alicyclic amines) is 1. The molecule has 1 saturated heterocycles. The number of aryl methyl sites for hydroxylation is 1. The summed E-state index contributed by atoms with van der Waals surface area (Å²) in [5.74, 6) is 0.113. The summed E-state index contributed by atoms with van der Waals surface area (Å²) in [6.45, 7) is 3.85. The summed E-state index contributed by atoms with van der Waals surface area (Å²) in [5.41, 5.74) is 3.83. The fraction of sp³-hybridized carbons (Fsp3) is 0.300. The van der Waals surface area contributed by atoms with Gasteiger partial charge in [-0.3, -0.25) is 4.79 Å². The maximum atomic E-state index is 12.4. The van der Waals surface area contributed by atoms with Crippen LogP contribution in [0, 0.1) is 0 Å². The molecule has 5 heteroatoms. The smallest absolute Gasteiger partial charge is 0.253 e. The van der Waals surface area contributed by atoms with Crippen LogP contribution in [0.15, 0.2) is 48.5 Å². The van der Waals surface area contributed by atoms with Crippen LogP contribution in [0.3, 0.4) is 0 Å². The zero-order chi connectivity index (χ0) is 17.6. The van der Waals surface area contributed by atoms with Gasteiger partial charge < -0.3 is 15.5 Å². The number of benzene rings is 2. The van der Waals surface area contributed by atoms with Crippen molar-refractivity contribution in [3.05, 3.63) is 59.7 Å². The van der Waals surface area contributed by atoms with Gasteiger partial charge in [-0.25, -0.2) is 0 Å². The van der Waals surface area contributed by atoms with Crippen molar-refractivity contribution in [3.63, 3.8) is 0 Å². The van der Waals surface area contributed by atoms with E-state index in [-0.39, 0.29) is 5.91 Å². The summed E-state index contributed by atoms with van der Waals surface area (Å²) in [7, 11) is 0. The molecule has 1 amide bonds. The summed E-state index contributed by atoms with van der Waals surface area (Å²) < 4.78 is 0. The molecule has 0 spiro atoms. The van der Waals surface area contributed by atoms with E-state index >= 15 is 0 Å². The number of amides is 1. The SMILES string of the molecule is CCc1ccccc1NC(=S)Nc1ccc(C(=O)N2CCCC2)cc1. The van der Waals surface area contributed by atoms with Crippen LogP contribution in [0.2, 0.25) is 0 Å². The van der Waals surface area contributed by atoms with Gasteiger partial charge in [-0.1, -0.05) is 25.1 Å². The molecule has 0 unspecified atom stereocenters. The average Bonchev–Trinajstić information content (AvgIpc) is 3.17. The van der Waals surface area contributed by atoms with Crippen LogP contribution in [0.5, 0.6) is 0 Å². The second kappa shape index (κ2) is 8.12. The molecule has 2 aromatic carbocycles. The van der Waals surface area contributed by atoms with Gasteiger partial charge in [0.25, 0.3) is 5.91 Å². The minimum atomic E-state index is 0.113. The largest absolute Gasteiger partial charge is 0.339 e. The predicted molar refractivity (Wildman–Crippen MR) is 107 cm³/mol. The maximum absolute atomic E-state index is 12.4. The molecular weight excluding hydrogens is 330 g/mol. The number of para-hydroxylation sites is 1. The van der Waals surface area contributed by atoms with E-state index in [1.54, 1.807) is 0 Å². The Bertz CT molecular complexity index is 752. The molecule has 1 fully saturated rings. The monoisotopic (exact) mass is 353 g/mol.